The summed E-state index contributed by atoms with van der Waals surface area (Å²) in [5.74, 6) is 0.259. The molecule has 2 heterocycles. The molecule has 1 atom stereocenters. The number of amides is 5. The van der Waals surface area contributed by atoms with Crippen molar-refractivity contribution in [2.24, 2.45) is 0 Å². The molecule has 2 fully saturated rings. The Morgan fingerprint density at radius 2 is 1.26 bits per heavy atom. The lowest BCUT2D eigenvalue weighted by atomic mass is 9.89. The van der Waals surface area contributed by atoms with Gasteiger partial charge in [0.15, 0.2) is 0 Å². The molecule has 0 bridgehead atoms. The van der Waals surface area contributed by atoms with Gasteiger partial charge in [0.25, 0.3) is 0 Å². The fraction of sp³-hybridized carbons (Fsp3) is 0.407. The van der Waals surface area contributed by atoms with Crippen molar-refractivity contribution >= 4 is 29.4 Å². The van der Waals surface area contributed by atoms with E-state index in [1.807, 2.05) is 36.4 Å². The molecule has 0 saturated carbocycles. The molecule has 4 rings (SSSR count). The summed E-state index contributed by atoms with van der Waals surface area (Å²) < 4.78 is 0. The molecular formula is C27H33N3O4. The van der Waals surface area contributed by atoms with Gasteiger partial charge >= 0.3 is 6.03 Å². The quantitative estimate of drug-likeness (QED) is 0.649. The van der Waals surface area contributed by atoms with Crippen molar-refractivity contribution in [2.45, 2.75) is 64.7 Å². The van der Waals surface area contributed by atoms with Gasteiger partial charge in [-0.05, 0) is 47.1 Å². The van der Waals surface area contributed by atoms with Crippen LogP contribution in [0, 0.1) is 0 Å². The van der Waals surface area contributed by atoms with E-state index in [9.17, 15) is 19.2 Å². The summed E-state index contributed by atoms with van der Waals surface area (Å²) in [7, 11) is 0. The molecule has 7 heteroatoms. The number of piperidine rings is 1. The number of carbonyl (C=O) groups is 4. The highest BCUT2D eigenvalue weighted by molar-refractivity contribution is 6.05. The number of nitrogens with zero attached hydrogens (tertiary/aromatic N) is 1. The molecule has 2 aliphatic heterocycles. The van der Waals surface area contributed by atoms with Crippen LogP contribution in [0.1, 0.15) is 81.4 Å². The maximum atomic E-state index is 11.7. The van der Waals surface area contributed by atoms with E-state index >= 15 is 0 Å². The molecule has 0 spiro atoms. The number of carbonyl (C=O) groups excluding carboxylic acids is 4. The Labute approximate surface area is 200 Å². The number of benzene rings is 2. The van der Waals surface area contributed by atoms with E-state index in [-0.39, 0.29) is 29.7 Å². The van der Waals surface area contributed by atoms with Crippen LogP contribution in [0.4, 0.5) is 10.5 Å². The van der Waals surface area contributed by atoms with E-state index in [1.54, 1.807) is 4.90 Å². The van der Waals surface area contributed by atoms with Crippen LogP contribution < -0.4 is 15.5 Å². The lowest BCUT2D eigenvalue weighted by Gasteiger charge is -2.26. The highest BCUT2D eigenvalue weighted by atomic mass is 16.2. The fourth-order valence-electron chi connectivity index (χ4n) is 3.97. The zero-order valence-electron chi connectivity index (χ0n) is 20.3. The van der Waals surface area contributed by atoms with E-state index in [0.29, 0.717) is 37.6 Å². The van der Waals surface area contributed by atoms with Crippen molar-refractivity contribution in [2.75, 3.05) is 11.4 Å². The van der Waals surface area contributed by atoms with Gasteiger partial charge in [-0.25, -0.2) is 4.79 Å². The maximum Gasteiger partial charge on any atom is 0.328 e. The molecule has 2 aliphatic rings. The monoisotopic (exact) mass is 463 g/mol. The molecule has 180 valence electrons. The highest BCUT2D eigenvalue weighted by Crippen LogP contribution is 2.26. The Morgan fingerprint density at radius 1 is 0.735 bits per heavy atom. The summed E-state index contributed by atoms with van der Waals surface area (Å²) in [6, 6.07) is 15.7. The van der Waals surface area contributed by atoms with Crippen molar-refractivity contribution in [3.05, 3.63) is 65.2 Å². The van der Waals surface area contributed by atoms with Gasteiger partial charge in [-0.2, -0.15) is 0 Å². The molecule has 0 aromatic heterocycles. The molecule has 2 saturated heterocycles. The summed E-state index contributed by atoms with van der Waals surface area (Å²) in [6.07, 6.45) is 1.41. The Hall–Kier alpha value is -3.48. The molecular weight excluding hydrogens is 430 g/mol. The van der Waals surface area contributed by atoms with Crippen molar-refractivity contribution in [1.82, 2.24) is 10.6 Å². The number of hydrogen-bond acceptors (Lipinski definition) is 4. The van der Waals surface area contributed by atoms with E-state index in [1.165, 1.54) is 11.1 Å². The summed E-state index contributed by atoms with van der Waals surface area (Å²) in [5.41, 5.74) is 4.34. The minimum atomic E-state index is -0.335. The first-order chi connectivity index (χ1) is 16.2. The van der Waals surface area contributed by atoms with Gasteiger partial charge in [-0.15, -0.1) is 0 Å². The highest BCUT2D eigenvalue weighted by Gasteiger charge is 2.27. The van der Waals surface area contributed by atoms with Gasteiger partial charge < -0.3 is 0 Å². The van der Waals surface area contributed by atoms with Crippen molar-refractivity contribution in [3.63, 3.8) is 0 Å². The van der Waals surface area contributed by atoms with Crippen LogP contribution >= 0.6 is 0 Å². The predicted octanol–water partition coefficient (Wildman–Crippen LogP) is 4.59. The van der Waals surface area contributed by atoms with E-state index in [0.717, 1.165) is 11.3 Å². The topological polar surface area (TPSA) is 95.6 Å². The number of nitrogens with one attached hydrogen (secondary N) is 2. The van der Waals surface area contributed by atoms with Gasteiger partial charge in [-0.3, -0.25) is 29.9 Å². The van der Waals surface area contributed by atoms with Crippen LogP contribution in [0.2, 0.25) is 0 Å². The summed E-state index contributed by atoms with van der Waals surface area (Å²) >= 11 is 0. The second kappa shape index (κ2) is 11.1. The van der Waals surface area contributed by atoms with E-state index < -0.39 is 0 Å². The molecule has 7 nitrogen and oxygen atoms in total. The number of hydrogen-bond donors (Lipinski definition) is 2. The van der Waals surface area contributed by atoms with Crippen molar-refractivity contribution in [3.8, 4) is 0 Å². The third-order valence-electron chi connectivity index (χ3n) is 6.17. The average molecular weight is 464 g/mol. The Bertz CT molecular complexity index is 957. The van der Waals surface area contributed by atoms with Crippen LogP contribution in [0.5, 0.6) is 0 Å². The largest absolute Gasteiger partial charge is 0.328 e. The van der Waals surface area contributed by atoms with Crippen molar-refractivity contribution < 1.29 is 19.2 Å². The number of imide groups is 2. The maximum absolute atomic E-state index is 11.7. The second-order valence-electron chi connectivity index (χ2n) is 9.33. The molecule has 2 aromatic rings. The van der Waals surface area contributed by atoms with Crippen LogP contribution in [0.15, 0.2) is 48.5 Å². The Balaban J connectivity index is 0.000000191. The van der Waals surface area contributed by atoms with Gasteiger partial charge in [0.05, 0.1) is 5.92 Å². The zero-order valence-corrected chi connectivity index (χ0v) is 20.3. The predicted molar refractivity (Wildman–Crippen MR) is 132 cm³/mol. The minimum absolute atomic E-state index is 0.162. The van der Waals surface area contributed by atoms with E-state index in [2.05, 4.69) is 50.5 Å². The molecule has 5 amide bonds. The molecule has 34 heavy (non-hydrogen) atoms. The van der Waals surface area contributed by atoms with Gasteiger partial charge in [0, 0.05) is 25.1 Å². The Morgan fingerprint density at radius 3 is 1.76 bits per heavy atom. The molecule has 0 radical (unpaired) electrons. The van der Waals surface area contributed by atoms with Crippen molar-refractivity contribution in [1.29, 1.82) is 0 Å². The fourth-order valence-corrected chi connectivity index (χ4v) is 3.97. The first-order valence-corrected chi connectivity index (χ1v) is 11.8. The Kier molecular flexibility index (Phi) is 8.21. The number of rotatable bonds is 4. The number of anilines is 1. The first kappa shape index (κ1) is 25.1. The SMILES string of the molecule is CC(C)c1ccc(C2CCC(=O)NC2=O)cc1.CC(C)c1ccc(N2CCC(=O)NC2=O)cc1. The summed E-state index contributed by atoms with van der Waals surface area (Å²) in [5, 5.41) is 4.70. The average Bonchev–Trinajstić information content (AvgIpc) is 2.80. The minimum Gasteiger partial charge on any atom is -0.296 e. The molecule has 2 aromatic carbocycles. The lowest BCUT2D eigenvalue weighted by Crippen LogP contribution is -2.49. The second-order valence-corrected chi connectivity index (χ2v) is 9.33. The van der Waals surface area contributed by atoms with Gasteiger partial charge in [0.1, 0.15) is 0 Å². The molecule has 0 aliphatic carbocycles. The summed E-state index contributed by atoms with van der Waals surface area (Å²) in [6.45, 7) is 8.98. The van der Waals surface area contributed by atoms with Crippen LogP contribution in [0.3, 0.4) is 0 Å². The third-order valence-corrected chi connectivity index (χ3v) is 6.17. The summed E-state index contributed by atoms with van der Waals surface area (Å²) in [4.78, 5) is 47.0. The van der Waals surface area contributed by atoms with E-state index in [4.69, 9.17) is 0 Å². The number of urea groups is 1. The normalized spacial score (nSPS) is 18.4. The lowest BCUT2D eigenvalue weighted by molar-refractivity contribution is -0.134. The third kappa shape index (κ3) is 6.31. The van der Waals surface area contributed by atoms with Gasteiger partial charge in [0.2, 0.25) is 17.7 Å². The van der Waals surface area contributed by atoms with Gasteiger partial charge in [-0.1, -0.05) is 64.1 Å². The zero-order chi connectivity index (χ0) is 24.8. The van der Waals surface area contributed by atoms with Crippen LogP contribution in [-0.2, 0) is 14.4 Å². The first-order valence-electron chi connectivity index (χ1n) is 11.8. The smallest absolute Gasteiger partial charge is 0.296 e. The molecule has 2 N–H and O–H groups in total. The van der Waals surface area contributed by atoms with Crippen LogP contribution in [-0.4, -0.2) is 30.3 Å². The molecule has 1 unspecified atom stereocenters. The standard InChI is InChI=1S/C14H17NO2.C13H16N2O2/c1-9(2)10-3-5-11(6-4-10)12-7-8-13(16)15-14(12)17;1-9(2)10-3-5-11(6-4-10)15-8-7-12(16)14-13(15)17/h3-6,9,12H,7-8H2,1-2H3,(H,15,16,17);3-6,9H,7-8H2,1-2H3,(H,14,16,17). The van der Waals surface area contributed by atoms with Crippen LogP contribution in [0.25, 0.3) is 0 Å².